The zero-order valence-corrected chi connectivity index (χ0v) is 17.1. The standard InChI is InChI=1S/C20H34N4O2/c1-13(24(6)17(25)10-16-14(2)22-12-23-16)11-21-19(26)18(20(3,4)5)15-8-7-9-15/h12-13,15,18H,7-11H2,1-6H3,(H,21,26)(H,22,23). The summed E-state index contributed by atoms with van der Waals surface area (Å²) in [5, 5.41) is 3.09. The van der Waals surface area contributed by atoms with Gasteiger partial charge in [-0.15, -0.1) is 0 Å². The Bertz CT molecular complexity index is 628. The van der Waals surface area contributed by atoms with Crippen LogP contribution >= 0.6 is 0 Å². The van der Waals surface area contributed by atoms with Crippen molar-refractivity contribution in [1.29, 1.82) is 0 Å². The Hall–Kier alpha value is -1.85. The molecule has 6 heteroatoms. The Kier molecular flexibility index (Phi) is 6.48. The van der Waals surface area contributed by atoms with Crippen molar-refractivity contribution in [2.24, 2.45) is 17.3 Å². The molecule has 0 aromatic carbocycles. The van der Waals surface area contributed by atoms with Gasteiger partial charge in [-0.3, -0.25) is 9.59 Å². The van der Waals surface area contributed by atoms with Gasteiger partial charge in [-0.05, 0) is 38.0 Å². The number of aromatic amines is 1. The molecule has 0 spiro atoms. The Morgan fingerprint density at radius 3 is 2.50 bits per heavy atom. The Labute approximate surface area is 157 Å². The van der Waals surface area contributed by atoms with Crippen molar-refractivity contribution in [1.82, 2.24) is 20.2 Å². The number of nitrogens with one attached hydrogen (secondary N) is 2. The summed E-state index contributed by atoms with van der Waals surface area (Å²) in [5.41, 5.74) is 1.65. The van der Waals surface area contributed by atoms with E-state index in [1.807, 2.05) is 13.8 Å². The van der Waals surface area contributed by atoms with Crippen molar-refractivity contribution in [2.45, 2.75) is 66.3 Å². The third kappa shape index (κ3) is 4.86. The van der Waals surface area contributed by atoms with E-state index in [1.54, 1.807) is 18.3 Å². The lowest BCUT2D eigenvalue weighted by molar-refractivity contribution is -0.135. The number of hydrogen-bond donors (Lipinski definition) is 2. The van der Waals surface area contributed by atoms with E-state index in [9.17, 15) is 9.59 Å². The molecule has 0 aliphatic heterocycles. The molecule has 1 aromatic heterocycles. The summed E-state index contributed by atoms with van der Waals surface area (Å²) in [7, 11) is 1.79. The van der Waals surface area contributed by atoms with E-state index >= 15 is 0 Å². The maximum atomic E-state index is 12.8. The summed E-state index contributed by atoms with van der Waals surface area (Å²) < 4.78 is 0. The fraction of sp³-hybridized carbons (Fsp3) is 0.750. The fourth-order valence-electron chi connectivity index (χ4n) is 3.66. The lowest BCUT2D eigenvalue weighted by atomic mass is 9.65. The van der Waals surface area contributed by atoms with E-state index in [0.717, 1.165) is 24.2 Å². The number of H-pyrrole nitrogens is 1. The van der Waals surface area contributed by atoms with Gasteiger partial charge in [0.2, 0.25) is 11.8 Å². The van der Waals surface area contributed by atoms with Gasteiger partial charge in [-0.1, -0.05) is 27.2 Å². The molecule has 6 nitrogen and oxygen atoms in total. The van der Waals surface area contributed by atoms with Crippen molar-refractivity contribution in [3.63, 3.8) is 0 Å². The largest absolute Gasteiger partial charge is 0.354 e. The summed E-state index contributed by atoms with van der Waals surface area (Å²) in [6, 6.07) is -0.0623. The topological polar surface area (TPSA) is 78.1 Å². The molecule has 0 radical (unpaired) electrons. The third-order valence-corrected chi connectivity index (χ3v) is 5.72. The Morgan fingerprint density at radius 1 is 1.38 bits per heavy atom. The lowest BCUT2D eigenvalue weighted by Gasteiger charge is -2.40. The van der Waals surface area contributed by atoms with Crippen LogP contribution in [0.5, 0.6) is 0 Å². The van der Waals surface area contributed by atoms with Gasteiger partial charge < -0.3 is 15.2 Å². The predicted octanol–water partition coefficient (Wildman–Crippen LogP) is 2.69. The highest BCUT2D eigenvalue weighted by Gasteiger charge is 2.40. The van der Waals surface area contributed by atoms with E-state index < -0.39 is 0 Å². The van der Waals surface area contributed by atoms with E-state index in [2.05, 4.69) is 36.1 Å². The van der Waals surface area contributed by atoms with Gasteiger partial charge in [0.25, 0.3) is 0 Å². The molecule has 1 heterocycles. The molecule has 2 amide bonds. The zero-order valence-electron chi connectivity index (χ0n) is 17.1. The SMILES string of the molecule is Cc1[nH]cnc1CC(=O)N(C)C(C)CNC(=O)C(C1CCC1)C(C)(C)C. The number of carbonyl (C=O) groups is 2. The second-order valence-electron chi connectivity index (χ2n) is 8.78. The maximum absolute atomic E-state index is 12.8. The van der Waals surface area contributed by atoms with E-state index in [0.29, 0.717) is 12.5 Å². The summed E-state index contributed by atoms with van der Waals surface area (Å²) in [4.78, 5) is 34.1. The molecule has 1 fully saturated rings. The van der Waals surface area contributed by atoms with E-state index in [1.165, 1.54) is 6.42 Å². The van der Waals surface area contributed by atoms with Gasteiger partial charge in [-0.25, -0.2) is 4.98 Å². The molecule has 26 heavy (non-hydrogen) atoms. The highest BCUT2D eigenvalue weighted by atomic mass is 16.2. The van der Waals surface area contributed by atoms with Crippen LogP contribution in [0.4, 0.5) is 0 Å². The average molecular weight is 363 g/mol. The molecule has 146 valence electrons. The highest BCUT2D eigenvalue weighted by molar-refractivity contribution is 5.80. The number of nitrogens with zero attached hydrogens (tertiary/aromatic N) is 2. The minimum atomic E-state index is -0.0623. The molecule has 1 aliphatic carbocycles. The molecule has 2 atom stereocenters. The van der Waals surface area contributed by atoms with Gasteiger partial charge in [-0.2, -0.15) is 0 Å². The Balaban J connectivity index is 1.87. The predicted molar refractivity (Wildman–Crippen MR) is 103 cm³/mol. The van der Waals surface area contributed by atoms with Crippen molar-refractivity contribution in [3.8, 4) is 0 Å². The minimum Gasteiger partial charge on any atom is -0.354 e. The smallest absolute Gasteiger partial charge is 0.228 e. The molecule has 0 bridgehead atoms. The molecule has 1 saturated carbocycles. The first kappa shape index (κ1) is 20.5. The van der Waals surface area contributed by atoms with Crippen LogP contribution in [0.1, 0.15) is 58.3 Å². The van der Waals surface area contributed by atoms with Gasteiger partial charge in [0.15, 0.2) is 0 Å². The van der Waals surface area contributed by atoms with Gasteiger partial charge in [0.1, 0.15) is 0 Å². The number of aromatic nitrogens is 2. The third-order valence-electron chi connectivity index (χ3n) is 5.72. The number of imidazole rings is 1. The van der Waals surface area contributed by atoms with Crippen LogP contribution < -0.4 is 5.32 Å². The van der Waals surface area contributed by atoms with Crippen molar-refractivity contribution < 1.29 is 9.59 Å². The zero-order chi connectivity index (χ0) is 19.5. The normalized spacial score (nSPS) is 17.3. The maximum Gasteiger partial charge on any atom is 0.228 e. The number of likely N-dealkylation sites (N-methyl/N-ethyl adjacent to an activating group) is 1. The first-order chi connectivity index (χ1) is 12.1. The number of amides is 2. The fourth-order valence-corrected chi connectivity index (χ4v) is 3.66. The summed E-state index contributed by atoms with van der Waals surface area (Å²) >= 11 is 0. The van der Waals surface area contributed by atoms with Gasteiger partial charge >= 0.3 is 0 Å². The minimum absolute atomic E-state index is 0.00770. The highest BCUT2D eigenvalue weighted by Crippen LogP contribution is 2.42. The number of hydrogen-bond acceptors (Lipinski definition) is 3. The molecule has 2 N–H and O–H groups in total. The molecular weight excluding hydrogens is 328 g/mol. The van der Waals surface area contributed by atoms with Crippen LogP contribution in [0, 0.1) is 24.2 Å². The summed E-state index contributed by atoms with van der Waals surface area (Å²) in [6.07, 6.45) is 5.40. The quantitative estimate of drug-likeness (QED) is 0.783. The van der Waals surface area contributed by atoms with Crippen LogP contribution in [0.3, 0.4) is 0 Å². The molecule has 1 aliphatic rings. The first-order valence-corrected chi connectivity index (χ1v) is 9.63. The summed E-state index contributed by atoms with van der Waals surface area (Å²) in [6.45, 7) is 10.8. The van der Waals surface area contributed by atoms with Crippen molar-refractivity contribution in [3.05, 3.63) is 17.7 Å². The molecule has 2 rings (SSSR count). The average Bonchev–Trinajstić information content (AvgIpc) is 2.91. The second kappa shape index (κ2) is 8.23. The lowest BCUT2D eigenvalue weighted by Crippen LogP contribution is -2.49. The van der Waals surface area contributed by atoms with E-state index in [4.69, 9.17) is 0 Å². The van der Waals surface area contributed by atoms with E-state index in [-0.39, 0.29) is 35.6 Å². The van der Waals surface area contributed by atoms with Crippen LogP contribution in [0.2, 0.25) is 0 Å². The number of rotatable bonds is 7. The molecule has 1 aromatic rings. The van der Waals surface area contributed by atoms with Crippen molar-refractivity contribution in [2.75, 3.05) is 13.6 Å². The van der Waals surface area contributed by atoms with Crippen molar-refractivity contribution >= 4 is 11.8 Å². The molecular formula is C20H34N4O2. The first-order valence-electron chi connectivity index (χ1n) is 9.63. The number of aryl methyl sites for hydroxylation is 1. The monoisotopic (exact) mass is 362 g/mol. The number of carbonyl (C=O) groups excluding carboxylic acids is 2. The van der Waals surface area contributed by atoms with Crippen LogP contribution in [-0.2, 0) is 16.0 Å². The van der Waals surface area contributed by atoms with Gasteiger partial charge in [0.05, 0.1) is 18.4 Å². The second-order valence-corrected chi connectivity index (χ2v) is 8.78. The summed E-state index contributed by atoms with van der Waals surface area (Å²) in [5.74, 6) is 0.662. The van der Waals surface area contributed by atoms with Crippen LogP contribution in [0.25, 0.3) is 0 Å². The van der Waals surface area contributed by atoms with Crippen LogP contribution in [0.15, 0.2) is 6.33 Å². The van der Waals surface area contributed by atoms with Crippen LogP contribution in [-0.4, -0.2) is 46.3 Å². The van der Waals surface area contributed by atoms with Gasteiger partial charge in [0, 0.05) is 31.2 Å². The Morgan fingerprint density at radius 2 is 2.04 bits per heavy atom. The molecule has 2 unspecified atom stereocenters. The molecule has 0 saturated heterocycles.